The topological polar surface area (TPSA) is 81.7 Å². The Hall–Kier alpha value is -3.53. The first-order chi connectivity index (χ1) is 15.9. The number of benzene rings is 3. The van der Waals surface area contributed by atoms with E-state index >= 15 is 0 Å². The van der Waals surface area contributed by atoms with E-state index in [-0.39, 0.29) is 22.8 Å². The molecule has 0 aliphatic heterocycles. The van der Waals surface area contributed by atoms with Crippen molar-refractivity contribution >= 4 is 21.4 Å². The summed E-state index contributed by atoms with van der Waals surface area (Å²) in [6, 6.07) is 15.0. The molecule has 0 aliphatic rings. The van der Waals surface area contributed by atoms with Gasteiger partial charge in [-0.1, -0.05) is 12.1 Å². The lowest BCUT2D eigenvalue weighted by Crippen LogP contribution is -2.14. The number of nitrogens with one attached hydrogen (secondary N) is 1. The fourth-order valence-electron chi connectivity index (χ4n) is 3.04. The standard InChI is InChI=1S/C24H22F3NO5S/c1-3-32-19-9-11-20(12-10-19)33-22-13-8-18(24(25,26)27)14-21(22)28-23(29)17-6-4-16(5-7-17)15-34(2,30)31/h4-14H,3,15H2,1-2H3,(H,28,29). The summed E-state index contributed by atoms with van der Waals surface area (Å²) in [7, 11) is -3.25. The van der Waals surface area contributed by atoms with E-state index in [2.05, 4.69) is 5.32 Å². The van der Waals surface area contributed by atoms with Crippen LogP contribution in [0.25, 0.3) is 0 Å². The fourth-order valence-corrected chi connectivity index (χ4v) is 3.84. The maximum absolute atomic E-state index is 13.3. The van der Waals surface area contributed by atoms with E-state index in [0.29, 0.717) is 23.7 Å². The van der Waals surface area contributed by atoms with Gasteiger partial charge in [0.25, 0.3) is 5.91 Å². The Morgan fingerprint density at radius 3 is 2.12 bits per heavy atom. The van der Waals surface area contributed by atoms with E-state index < -0.39 is 27.5 Å². The minimum Gasteiger partial charge on any atom is -0.494 e. The number of carbonyl (C=O) groups excluding carboxylic acids is 1. The van der Waals surface area contributed by atoms with E-state index in [1.807, 2.05) is 6.92 Å². The average molecular weight is 494 g/mol. The number of amides is 1. The molecule has 1 N–H and O–H groups in total. The van der Waals surface area contributed by atoms with Gasteiger partial charge in [0.2, 0.25) is 0 Å². The summed E-state index contributed by atoms with van der Waals surface area (Å²) in [5, 5.41) is 2.45. The Bertz CT molecular complexity index is 1260. The lowest BCUT2D eigenvalue weighted by atomic mass is 10.1. The second kappa shape index (κ2) is 10.2. The van der Waals surface area contributed by atoms with Crippen molar-refractivity contribution in [3.63, 3.8) is 0 Å². The van der Waals surface area contributed by atoms with Crippen LogP contribution in [0.15, 0.2) is 66.7 Å². The summed E-state index contributed by atoms with van der Waals surface area (Å²) < 4.78 is 73.7. The van der Waals surface area contributed by atoms with Crippen LogP contribution in [0.1, 0.15) is 28.4 Å². The summed E-state index contributed by atoms with van der Waals surface area (Å²) in [6.45, 7) is 2.31. The van der Waals surface area contributed by atoms with E-state index in [9.17, 15) is 26.4 Å². The third-order valence-corrected chi connectivity index (χ3v) is 5.42. The van der Waals surface area contributed by atoms with Crippen LogP contribution >= 0.6 is 0 Å². The molecule has 0 radical (unpaired) electrons. The van der Waals surface area contributed by atoms with Gasteiger partial charge in [0.05, 0.1) is 23.6 Å². The largest absolute Gasteiger partial charge is 0.494 e. The van der Waals surface area contributed by atoms with E-state index in [0.717, 1.165) is 24.5 Å². The molecule has 0 unspecified atom stereocenters. The van der Waals surface area contributed by atoms with Crippen LogP contribution in [0, 0.1) is 0 Å². The maximum Gasteiger partial charge on any atom is 0.416 e. The Labute approximate surface area is 195 Å². The highest BCUT2D eigenvalue weighted by atomic mass is 32.2. The van der Waals surface area contributed by atoms with Crippen LogP contribution in [0.4, 0.5) is 18.9 Å². The van der Waals surface area contributed by atoms with Gasteiger partial charge in [0.15, 0.2) is 15.6 Å². The summed E-state index contributed by atoms with van der Waals surface area (Å²) in [4.78, 5) is 12.7. The number of rotatable bonds is 8. The van der Waals surface area contributed by atoms with E-state index in [4.69, 9.17) is 9.47 Å². The molecule has 3 aromatic carbocycles. The number of carbonyl (C=O) groups is 1. The smallest absolute Gasteiger partial charge is 0.416 e. The Balaban J connectivity index is 1.86. The summed E-state index contributed by atoms with van der Waals surface area (Å²) in [5.41, 5.74) is -0.501. The number of anilines is 1. The molecule has 0 heterocycles. The molecular weight excluding hydrogens is 471 g/mol. The van der Waals surface area contributed by atoms with Crippen molar-refractivity contribution in [2.45, 2.75) is 18.9 Å². The lowest BCUT2D eigenvalue weighted by Gasteiger charge is -2.15. The van der Waals surface area contributed by atoms with Gasteiger partial charge in [-0.25, -0.2) is 8.42 Å². The molecule has 0 saturated carbocycles. The third kappa shape index (κ3) is 6.98. The van der Waals surface area contributed by atoms with Crippen LogP contribution < -0.4 is 14.8 Å². The SMILES string of the molecule is CCOc1ccc(Oc2ccc(C(F)(F)F)cc2NC(=O)c2ccc(CS(C)(=O)=O)cc2)cc1. The molecule has 0 spiro atoms. The predicted octanol–water partition coefficient (Wildman–Crippen LogP) is 5.69. The number of hydrogen-bond donors (Lipinski definition) is 1. The van der Waals surface area contributed by atoms with Gasteiger partial charge >= 0.3 is 6.18 Å². The number of sulfone groups is 1. The zero-order valence-corrected chi connectivity index (χ0v) is 19.2. The summed E-state index contributed by atoms with van der Waals surface area (Å²) in [5.74, 6) is 0.0859. The number of hydrogen-bond acceptors (Lipinski definition) is 5. The van der Waals surface area contributed by atoms with Crippen LogP contribution in [0.5, 0.6) is 17.2 Å². The van der Waals surface area contributed by atoms with Crippen molar-refractivity contribution in [2.24, 2.45) is 0 Å². The van der Waals surface area contributed by atoms with Gasteiger partial charge in [-0.3, -0.25) is 4.79 Å². The second-order valence-corrected chi connectivity index (χ2v) is 9.58. The monoisotopic (exact) mass is 493 g/mol. The lowest BCUT2D eigenvalue weighted by molar-refractivity contribution is -0.137. The normalized spacial score (nSPS) is 11.7. The van der Waals surface area contributed by atoms with Crippen LogP contribution in [0.3, 0.4) is 0 Å². The predicted molar refractivity (Wildman–Crippen MR) is 122 cm³/mol. The molecule has 0 aliphatic carbocycles. The van der Waals surface area contributed by atoms with Crippen molar-refractivity contribution in [1.82, 2.24) is 0 Å². The average Bonchev–Trinajstić information content (AvgIpc) is 2.75. The van der Waals surface area contributed by atoms with Gasteiger partial charge in [-0.2, -0.15) is 13.2 Å². The Morgan fingerprint density at radius 2 is 1.56 bits per heavy atom. The first kappa shape index (κ1) is 25.1. The second-order valence-electron chi connectivity index (χ2n) is 7.44. The highest BCUT2D eigenvalue weighted by Crippen LogP contribution is 2.37. The van der Waals surface area contributed by atoms with Gasteiger partial charge in [0, 0.05) is 11.8 Å². The van der Waals surface area contributed by atoms with Gasteiger partial charge in [-0.15, -0.1) is 0 Å². The van der Waals surface area contributed by atoms with Gasteiger partial charge in [-0.05, 0) is 67.1 Å². The van der Waals surface area contributed by atoms with Crippen LogP contribution in [0.2, 0.25) is 0 Å². The summed E-state index contributed by atoms with van der Waals surface area (Å²) in [6.07, 6.45) is -3.53. The van der Waals surface area contributed by atoms with Gasteiger partial charge in [0.1, 0.15) is 11.5 Å². The number of halogens is 3. The fraction of sp³-hybridized carbons (Fsp3) is 0.208. The van der Waals surface area contributed by atoms with Crippen LogP contribution in [-0.4, -0.2) is 27.2 Å². The van der Waals surface area contributed by atoms with Crippen molar-refractivity contribution in [1.29, 1.82) is 0 Å². The quantitative estimate of drug-likeness (QED) is 0.436. The highest BCUT2D eigenvalue weighted by molar-refractivity contribution is 7.89. The third-order valence-electron chi connectivity index (χ3n) is 4.56. The first-order valence-corrected chi connectivity index (χ1v) is 12.2. The van der Waals surface area contributed by atoms with E-state index in [1.165, 1.54) is 24.3 Å². The van der Waals surface area contributed by atoms with E-state index in [1.54, 1.807) is 24.3 Å². The van der Waals surface area contributed by atoms with Crippen molar-refractivity contribution < 1.29 is 35.9 Å². The molecule has 10 heteroatoms. The molecular formula is C24H22F3NO5S. The molecule has 180 valence electrons. The minimum atomic E-state index is -4.62. The maximum atomic E-state index is 13.3. The first-order valence-electron chi connectivity index (χ1n) is 10.1. The van der Waals surface area contributed by atoms with Gasteiger partial charge < -0.3 is 14.8 Å². The number of ether oxygens (including phenoxy) is 2. The highest BCUT2D eigenvalue weighted by Gasteiger charge is 2.31. The molecule has 0 fully saturated rings. The molecule has 0 atom stereocenters. The molecule has 1 amide bonds. The van der Waals surface area contributed by atoms with Crippen molar-refractivity contribution in [3.8, 4) is 17.2 Å². The zero-order chi connectivity index (χ0) is 24.9. The zero-order valence-electron chi connectivity index (χ0n) is 18.3. The van der Waals surface area contributed by atoms with Crippen molar-refractivity contribution in [2.75, 3.05) is 18.2 Å². The summed E-state index contributed by atoms with van der Waals surface area (Å²) >= 11 is 0. The molecule has 34 heavy (non-hydrogen) atoms. The van der Waals surface area contributed by atoms with Crippen LogP contribution in [-0.2, 0) is 21.8 Å². The molecule has 3 aromatic rings. The molecule has 3 rings (SSSR count). The Kier molecular flexibility index (Phi) is 7.51. The number of alkyl halides is 3. The molecule has 0 saturated heterocycles. The molecule has 0 bridgehead atoms. The Morgan fingerprint density at radius 1 is 0.941 bits per heavy atom. The minimum absolute atomic E-state index is 0.0132. The molecule has 0 aromatic heterocycles. The van der Waals surface area contributed by atoms with Crippen molar-refractivity contribution in [3.05, 3.63) is 83.4 Å². The molecule has 6 nitrogen and oxygen atoms in total.